The molecule has 0 spiro atoms. The van der Waals surface area contributed by atoms with Crippen molar-refractivity contribution in [3.63, 3.8) is 0 Å². The number of hydrogen-bond acceptors (Lipinski definition) is 4. The molecule has 14 heavy (non-hydrogen) atoms. The van der Waals surface area contributed by atoms with E-state index in [1.165, 1.54) is 7.11 Å². The summed E-state index contributed by atoms with van der Waals surface area (Å²) in [7, 11) is 1.26. The van der Waals surface area contributed by atoms with E-state index in [0.717, 1.165) is 6.07 Å². The van der Waals surface area contributed by atoms with Crippen molar-refractivity contribution in [2.75, 3.05) is 12.8 Å². The summed E-state index contributed by atoms with van der Waals surface area (Å²) in [5.41, 5.74) is 5.11. The van der Waals surface area contributed by atoms with Gasteiger partial charge in [0.15, 0.2) is 11.5 Å². The molecule has 0 heterocycles. The first-order valence-corrected chi connectivity index (χ1v) is 3.95. The number of carboxylic acid groups (broad SMARTS) is 1. The molecule has 0 bridgehead atoms. The summed E-state index contributed by atoms with van der Waals surface area (Å²) in [5, 5.41) is 18.1. The average molecular weight is 218 g/mol. The number of aromatic hydroxyl groups is 1. The van der Waals surface area contributed by atoms with Crippen molar-refractivity contribution in [1.29, 1.82) is 0 Å². The largest absolute Gasteiger partial charge is 0.504 e. The first-order chi connectivity index (χ1) is 6.49. The number of phenols is 1. The van der Waals surface area contributed by atoms with Crippen LogP contribution >= 0.6 is 11.6 Å². The molecule has 1 rings (SSSR count). The molecule has 1 aromatic carbocycles. The van der Waals surface area contributed by atoms with Crippen molar-refractivity contribution >= 4 is 23.3 Å². The van der Waals surface area contributed by atoms with Gasteiger partial charge in [-0.05, 0) is 6.07 Å². The molecular weight excluding hydrogens is 210 g/mol. The Morgan fingerprint density at radius 3 is 2.64 bits per heavy atom. The van der Waals surface area contributed by atoms with Gasteiger partial charge in [-0.2, -0.15) is 0 Å². The minimum Gasteiger partial charge on any atom is -0.504 e. The predicted molar refractivity (Wildman–Crippen MR) is 51.0 cm³/mol. The fraction of sp³-hybridized carbons (Fsp3) is 0.125. The molecule has 0 saturated heterocycles. The number of carbonyl (C=O) groups is 1. The molecule has 6 heteroatoms. The third-order valence-corrected chi connectivity index (χ3v) is 2.05. The number of hydrogen-bond donors (Lipinski definition) is 3. The Morgan fingerprint density at radius 2 is 2.21 bits per heavy atom. The topological polar surface area (TPSA) is 92.8 Å². The summed E-state index contributed by atoms with van der Waals surface area (Å²) in [6.07, 6.45) is 0. The second-order valence-electron chi connectivity index (χ2n) is 2.51. The van der Waals surface area contributed by atoms with Crippen LogP contribution in [-0.4, -0.2) is 23.3 Å². The number of carboxylic acids is 1. The van der Waals surface area contributed by atoms with E-state index in [1.807, 2.05) is 0 Å². The van der Waals surface area contributed by atoms with Crippen LogP contribution in [-0.2, 0) is 0 Å². The number of methoxy groups -OCH3 is 1. The number of rotatable bonds is 2. The quantitative estimate of drug-likeness (QED) is 0.513. The van der Waals surface area contributed by atoms with Crippen molar-refractivity contribution in [2.24, 2.45) is 0 Å². The molecule has 4 N–H and O–H groups in total. The molecule has 0 saturated carbocycles. The van der Waals surface area contributed by atoms with E-state index in [2.05, 4.69) is 0 Å². The van der Waals surface area contributed by atoms with Crippen LogP contribution in [0.2, 0.25) is 5.02 Å². The van der Waals surface area contributed by atoms with Gasteiger partial charge in [-0.1, -0.05) is 11.6 Å². The fourth-order valence-electron chi connectivity index (χ4n) is 0.994. The highest BCUT2D eigenvalue weighted by atomic mass is 35.5. The highest BCUT2D eigenvalue weighted by Crippen LogP contribution is 2.40. The summed E-state index contributed by atoms with van der Waals surface area (Å²) in [6, 6.07) is 1.07. The normalized spacial score (nSPS) is 9.86. The van der Waals surface area contributed by atoms with E-state index in [1.54, 1.807) is 0 Å². The third-order valence-electron chi connectivity index (χ3n) is 1.66. The highest BCUT2D eigenvalue weighted by Gasteiger charge is 2.19. The standard InChI is InChI=1S/C8H8ClNO4/c1-14-7-5(9)4(10)2-3(6(7)11)8(12)13/h2,11H,10H2,1H3,(H,12,13). The third kappa shape index (κ3) is 1.54. The molecule has 5 nitrogen and oxygen atoms in total. The van der Waals surface area contributed by atoms with Crippen LogP contribution in [0.4, 0.5) is 5.69 Å². The second kappa shape index (κ2) is 3.63. The molecule has 0 fully saturated rings. The zero-order valence-electron chi connectivity index (χ0n) is 7.24. The Labute approximate surface area is 84.7 Å². The fourth-order valence-corrected chi connectivity index (χ4v) is 1.22. The molecule has 0 unspecified atom stereocenters. The van der Waals surface area contributed by atoms with Gasteiger partial charge >= 0.3 is 5.97 Å². The van der Waals surface area contributed by atoms with Gasteiger partial charge in [0.25, 0.3) is 0 Å². The van der Waals surface area contributed by atoms with Crippen LogP contribution in [0.25, 0.3) is 0 Å². The van der Waals surface area contributed by atoms with Crippen LogP contribution < -0.4 is 10.5 Å². The smallest absolute Gasteiger partial charge is 0.339 e. The molecule has 0 aromatic heterocycles. The van der Waals surface area contributed by atoms with Crippen molar-refractivity contribution < 1.29 is 19.7 Å². The Morgan fingerprint density at radius 1 is 1.64 bits per heavy atom. The van der Waals surface area contributed by atoms with Gasteiger partial charge in [-0.15, -0.1) is 0 Å². The Kier molecular flexibility index (Phi) is 2.71. The summed E-state index contributed by atoms with van der Waals surface area (Å²) in [6.45, 7) is 0. The zero-order valence-corrected chi connectivity index (χ0v) is 8.00. The number of anilines is 1. The van der Waals surface area contributed by atoms with Crippen molar-refractivity contribution in [2.45, 2.75) is 0 Å². The number of halogens is 1. The molecule has 0 atom stereocenters. The van der Waals surface area contributed by atoms with Crippen molar-refractivity contribution in [3.05, 3.63) is 16.7 Å². The summed E-state index contributed by atoms with van der Waals surface area (Å²) in [5.74, 6) is -1.97. The average Bonchev–Trinajstić information content (AvgIpc) is 2.12. The van der Waals surface area contributed by atoms with Gasteiger partial charge in [0.05, 0.1) is 12.8 Å². The minimum absolute atomic E-state index is 0.00463. The van der Waals surface area contributed by atoms with E-state index < -0.39 is 11.7 Å². The number of benzene rings is 1. The van der Waals surface area contributed by atoms with E-state index in [-0.39, 0.29) is 22.0 Å². The van der Waals surface area contributed by atoms with Crippen LogP contribution in [0.1, 0.15) is 10.4 Å². The molecule has 76 valence electrons. The van der Waals surface area contributed by atoms with Gasteiger partial charge in [-0.3, -0.25) is 0 Å². The molecule has 0 aliphatic heterocycles. The molecular formula is C8H8ClNO4. The maximum Gasteiger partial charge on any atom is 0.339 e. The van der Waals surface area contributed by atoms with Crippen molar-refractivity contribution in [1.82, 2.24) is 0 Å². The summed E-state index contributed by atoms with van der Waals surface area (Å²) in [4.78, 5) is 10.6. The number of nitrogens with two attached hydrogens (primary N) is 1. The molecule has 0 aliphatic rings. The predicted octanol–water partition coefficient (Wildman–Crippen LogP) is 1.33. The highest BCUT2D eigenvalue weighted by molar-refractivity contribution is 6.35. The Hall–Kier alpha value is -1.62. The molecule has 0 amide bonds. The zero-order chi connectivity index (χ0) is 10.9. The first kappa shape index (κ1) is 10.5. The molecule has 0 radical (unpaired) electrons. The number of nitrogen functional groups attached to an aromatic ring is 1. The minimum atomic E-state index is -1.30. The van der Waals surface area contributed by atoms with E-state index in [9.17, 15) is 9.90 Å². The maximum absolute atomic E-state index is 10.6. The summed E-state index contributed by atoms with van der Waals surface area (Å²) >= 11 is 5.67. The van der Waals surface area contributed by atoms with E-state index in [0.29, 0.717) is 0 Å². The van der Waals surface area contributed by atoms with Gasteiger partial charge in [0.1, 0.15) is 10.6 Å². The van der Waals surface area contributed by atoms with Gasteiger partial charge in [0.2, 0.25) is 0 Å². The van der Waals surface area contributed by atoms with Crippen LogP contribution in [0.15, 0.2) is 6.07 Å². The lowest BCUT2D eigenvalue weighted by molar-refractivity contribution is 0.0693. The van der Waals surface area contributed by atoms with E-state index >= 15 is 0 Å². The first-order valence-electron chi connectivity index (χ1n) is 3.57. The lowest BCUT2D eigenvalue weighted by Crippen LogP contribution is -2.01. The Bertz CT molecular complexity index is 391. The molecule has 0 aliphatic carbocycles. The van der Waals surface area contributed by atoms with Gasteiger partial charge in [-0.25, -0.2) is 4.79 Å². The SMILES string of the molecule is COc1c(O)c(C(=O)O)cc(N)c1Cl. The Balaban J connectivity index is 3.50. The van der Waals surface area contributed by atoms with Gasteiger partial charge in [0, 0.05) is 0 Å². The molecule has 1 aromatic rings. The van der Waals surface area contributed by atoms with Crippen LogP contribution in [0.3, 0.4) is 0 Å². The lowest BCUT2D eigenvalue weighted by atomic mass is 10.1. The van der Waals surface area contributed by atoms with Gasteiger partial charge < -0.3 is 20.7 Å². The lowest BCUT2D eigenvalue weighted by Gasteiger charge is -2.09. The summed E-state index contributed by atoms with van der Waals surface area (Å²) < 4.78 is 4.72. The maximum atomic E-state index is 10.6. The number of ether oxygens (including phenoxy) is 1. The van der Waals surface area contributed by atoms with E-state index in [4.69, 9.17) is 27.2 Å². The van der Waals surface area contributed by atoms with Crippen LogP contribution in [0.5, 0.6) is 11.5 Å². The second-order valence-corrected chi connectivity index (χ2v) is 2.89. The van der Waals surface area contributed by atoms with Crippen LogP contribution in [0, 0.1) is 0 Å². The number of aromatic carboxylic acids is 1. The van der Waals surface area contributed by atoms with Crippen molar-refractivity contribution in [3.8, 4) is 11.5 Å². The monoisotopic (exact) mass is 217 g/mol.